The van der Waals surface area contributed by atoms with E-state index in [1.54, 1.807) is 11.3 Å². The van der Waals surface area contributed by atoms with Crippen molar-refractivity contribution in [2.45, 2.75) is 25.6 Å². The van der Waals surface area contributed by atoms with Crippen LogP contribution in [0.4, 0.5) is 13.2 Å². The number of likely N-dealkylation sites (tertiary alicyclic amines) is 1. The smallest absolute Gasteiger partial charge is 0.352 e. The molecule has 1 aromatic carbocycles. The maximum atomic E-state index is 12.8. The number of nitrogens with one attached hydrogen (secondary N) is 1. The lowest BCUT2D eigenvalue weighted by atomic mass is 9.97. The summed E-state index contributed by atoms with van der Waals surface area (Å²) in [5, 5.41) is 4.81. The third kappa shape index (κ3) is 5.04. The van der Waals surface area contributed by atoms with Crippen molar-refractivity contribution in [1.82, 2.24) is 15.2 Å². The number of hydrogen-bond acceptors (Lipinski definition) is 4. The second-order valence-electron chi connectivity index (χ2n) is 6.51. The number of benzene rings is 1. The zero-order valence-electron chi connectivity index (χ0n) is 14.1. The summed E-state index contributed by atoms with van der Waals surface area (Å²) in [7, 11) is 0. The Morgan fingerprint density at radius 2 is 2.23 bits per heavy atom. The Labute approximate surface area is 154 Å². The van der Waals surface area contributed by atoms with Crippen molar-refractivity contribution in [2.75, 3.05) is 19.6 Å². The van der Waals surface area contributed by atoms with Crippen molar-refractivity contribution in [3.8, 4) is 0 Å². The molecule has 1 atom stereocenters. The van der Waals surface area contributed by atoms with Gasteiger partial charge in [0.25, 0.3) is 5.91 Å². The van der Waals surface area contributed by atoms with Gasteiger partial charge in [-0.15, -0.1) is 11.3 Å². The zero-order valence-corrected chi connectivity index (χ0v) is 14.9. The number of piperidine rings is 1. The maximum Gasteiger partial charge on any atom is 0.416 e. The average molecular weight is 383 g/mol. The molecule has 8 heteroatoms. The van der Waals surface area contributed by atoms with Crippen LogP contribution in [0.5, 0.6) is 0 Å². The Kier molecular flexibility index (Phi) is 5.93. The molecule has 0 aliphatic carbocycles. The lowest BCUT2D eigenvalue weighted by Gasteiger charge is -2.32. The molecule has 0 saturated carbocycles. The highest BCUT2D eigenvalue weighted by atomic mass is 32.1. The number of alkyl halides is 3. The molecule has 1 fully saturated rings. The largest absolute Gasteiger partial charge is 0.416 e. The van der Waals surface area contributed by atoms with E-state index < -0.39 is 17.6 Å². The van der Waals surface area contributed by atoms with Gasteiger partial charge in [0.05, 0.1) is 16.8 Å². The van der Waals surface area contributed by atoms with Crippen molar-refractivity contribution in [1.29, 1.82) is 0 Å². The minimum absolute atomic E-state index is 0.0370. The van der Waals surface area contributed by atoms with Crippen LogP contribution in [0.1, 0.15) is 34.5 Å². The SMILES string of the molecule is O=C(NC[C@H]1CCCN(Cc2cscn2)C1)c1cccc(C(F)(F)F)c1. The van der Waals surface area contributed by atoms with E-state index in [2.05, 4.69) is 15.2 Å². The number of hydrogen-bond donors (Lipinski definition) is 1. The minimum atomic E-state index is -4.45. The molecule has 3 rings (SSSR count). The molecule has 2 aromatic rings. The fourth-order valence-corrected chi connectivity index (χ4v) is 3.73. The minimum Gasteiger partial charge on any atom is -0.352 e. The zero-order chi connectivity index (χ0) is 18.6. The van der Waals surface area contributed by atoms with E-state index in [0.717, 1.165) is 50.3 Å². The normalized spacial score (nSPS) is 18.7. The molecule has 1 saturated heterocycles. The highest BCUT2D eigenvalue weighted by Gasteiger charge is 2.31. The molecule has 0 spiro atoms. The second-order valence-corrected chi connectivity index (χ2v) is 7.23. The van der Waals surface area contributed by atoms with Gasteiger partial charge in [-0.1, -0.05) is 6.07 Å². The molecule has 4 nitrogen and oxygen atoms in total. The van der Waals surface area contributed by atoms with E-state index in [-0.39, 0.29) is 11.5 Å². The summed E-state index contributed by atoms with van der Waals surface area (Å²) < 4.78 is 38.3. The maximum absolute atomic E-state index is 12.8. The summed E-state index contributed by atoms with van der Waals surface area (Å²) in [6.07, 6.45) is -2.42. The summed E-state index contributed by atoms with van der Waals surface area (Å²) in [6, 6.07) is 4.52. The molecule has 1 amide bonds. The van der Waals surface area contributed by atoms with Gasteiger partial charge >= 0.3 is 6.18 Å². The summed E-state index contributed by atoms with van der Waals surface area (Å²) in [5.74, 6) is -0.176. The Bertz CT molecular complexity index is 734. The van der Waals surface area contributed by atoms with Gasteiger partial charge in [-0.05, 0) is 43.5 Å². The van der Waals surface area contributed by atoms with E-state index in [1.807, 2.05) is 10.9 Å². The van der Waals surface area contributed by atoms with Crippen LogP contribution in [-0.4, -0.2) is 35.4 Å². The molecular weight excluding hydrogens is 363 g/mol. The van der Waals surface area contributed by atoms with E-state index in [4.69, 9.17) is 0 Å². The molecule has 1 N–H and O–H groups in total. The van der Waals surface area contributed by atoms with Gasteiger partial charge in [-0.3, -0.25) is 9.69 Å². The van der Waals surface area contributed by atoms with E-state index in [0.29, 0.717) is 6.54 Å². The van der Waals surface area contributed by atoms with Crippen LogP contribution in [0.2, 0.25) is 0 Å². The summed E-state index contributed by atoms with van der Waals surface area (Å²) in [6.45, 7) is 3.10. The Balaban J connectivity index is 1.52. The topological polar surface area (TPSA) is 45.2 Å². The number of carbonyl (C=O) groups excluding carboxylic acids is 1. The number of rotatable bonds is 5. The van der Waals surface area contributed by atoms with Crippen molar-refractivity contribution in [2.24, 2.45) is 5.92 Å². The number of halogens is 3. The van der Waals surface area contributed by atoms with E-state index in [1.165, 1.54) is 12.1 Å². The third-order valence-corrected chi connectivity index (χ3v) is 5.11. The van der Waals surface area contributed by atoms with Gasteiger partial charge in [-0.2, -0.15) is 13.2 Å². The molecule has 0 bridgehead atoms. The monoisotopic (exact) mass is 383 g/mol. The average Bonchev–Trinajstić information content (AvgIpc) is 3.12. The Hall–Kier alpha value is -1.93. The number of amides is 1. The van der Waals surface area contributed by atoms with Gasteiger partial charge in [0.15, 0.2) is 0 Å². The highest BCUT2D eigenvalue weighted by molar-refractivity contribution is 7.07. The molecule has 1 aromatic heterocycles. The third-order valence-electron chi connectivity index (χ3n) is 4.48. The fourth-order valence-electron chi connectivity index (χ4n) is 3.18. The predicted octanol–water partition coefficient (Wildman–Crippen LogP) is 3.80. The number of carbonyl (C=O) groups is 1. The first-order chi connectivity index (χ1) is 12.4. The van der Waals surface area contributed by atoms with Crippen LogP contribution in [0.25, 0.3) is 0 Å². The number of aromatic nitrogens is 1. The molecular formula is C18H20F3N3OS. The lowest BCUT2D eigenvalue weighted by molar-refractivity contribution is -0.137. The van der Waals surface area contributed by atoms with Crippen LogP contribution in [-0.2, 0) is 12.7 Å². The van der Waals surface area contributed by atoms with Crippen LogP contribution < -0.4 is 5.32 Å². The number of nitrogens with zero attached hydrogens (tertiary/aromatic N) is 2. The molecule has 140 valence electrons. The first-order valence-corrected chi connectivity index (χ1v) is 9.41. The van der Waals surface area contributed by atoms with Crippen LogP contribution in [0, 0.1) is 5.92 Å². The molecule has 26 heavy (non-hydrogen) atoms. The Morgan fingerprint density at radius 3 is 2.96 bits per heavy atom. The molecule has 1 aliphatic heterocycles. The van der Waals surface area contributed by atoms with Gasteiger partial charge < -0.3 is 5.32 Å². The van der Waals surface area contributed by atoms with Gasteiger partial charge in [0.2, 0.25) is 0 Å². The van der Waals surface area contributed by atoms with E-state index in [9.17, 15) is 18.0 Å². The number of thiazole rings is 1. The van der Waals surface area contributed by atoms with E-state index >= 15 is 0 Å². The molecule has 1 aliphatic rings. The predicted molar refractivity (Wildman–Crippen MR) is 93.9 cm³/mol. The lowest BCUT2D eigenvalue weighted by Crippen LogP contribution is -2.40. The van der Waals surface area contributed by atoms with Crippen molar-refractivity contribution < 1.29 is 18.0 Å². The van der Waals surface area contributed by atoms with Crippen molar-refractivity contribution in [3.63, 3.8) is 0 Å². The first-order valence-electron chi connectivity index (χ1n) is 8.46. The molecule has 0 radical (unpaired) electrons. The summed E-state index contributed by atoms with van der Waals surface area (Å²) >= 11 is 1.57. The molecule has 0 unspecified atom stereocenters. The van der Waals surface area contributed by atoms with Crippen LogP contribution >= 0.6 is 11.3 Å². The highest BCUT2D eigenvalue weighted by Crippen LogP contribution is 2.29. The van der Waals surface area contributed by atoms with Crippen LogP contribution in [0.15, 0.2) is 35.2 Å². The summed E-state index contributed by atoms with van der Waals surface area (Å²) in [4.78, 5) is 18.8. The second kappa shape index (κ2) is 8.18. The van der Waals surface area contributed by atoms with Crippen LogP contribution in [0.3, 0.4) is 0 Å². The van der Waals surface area contributed by atoms with Gasteiger partial charge in [0, 0.05) is 30.6 Å². The van der Waals surface area contributed by atoms with Crippen molar-refractivity contribution in [3.05, 3.63) is 52.0 Å². The standard InChI is InChI=1S/C18H20F3N3OS/c19-18(20,21)15-5-1-4-14(7-15)17(25)22-8-13-3-2-6-24(9-13)10-16-11-26-12-23-16/h1,4-5,7,11-13H,2-3,6,8-10H2,(H,22,25)/t13-/m1/s1. The Morgan fingerprint density at radius 1 is 1.38 bits per heavy atom. The van der Waals surface area contributed by atoms with Crippen molar-refractivity contribution >= 4 is 17.2 Å². The fraction of sp³-hybridized carbons (Fsp3) is 0.444. The molecule has 2 heterocycles. The summed E-state index contributed by atoms with van der Waals surface area (Å²) in [5.41, 5.74) is 2.09. The van der Waals surface area contributed by atoms with Gasteiger partial charge in [0.1, 0.15) is 0 Å². The van der Waals surface area contributed by atoms with Gasteiger partial charge in [-0.25, -0.2) is 4.98 Å². The first kappa shape index (κ1) is 18.8. The quantitative estimate of drug-likeness (QED) is 0.854.